The van der Waals surface area contributed by atoms with Crippen LogP contribution in [-0.4, -0.2) is 5.11 Å². The molecule has 21 heavy (non-hydrogen) atoms. The lowest BCUT2D eigenvalue weighted by Gasteiger charge is -2.16. The Bertz CT molecular complexity index is 664. The molecule has 1 aliphatic heterocycles. The van der Waals surface area contributed by atoms with Gasteiger partial charge in [0.05, 0.1) is 11.5 Å². The first kappa shape index (κ1) is 14.0. The number of halogens is 1. The van der Waals surface area contributed by atoms with Crippen LogP contribution in [0.4, 0.5) is 4.39 Å². The van der Waals surface area contributed by atoms with E-state index in [9.17, 15) is 9.50 Å². The van der Waals surface area contributed by atoms with Crippen LogP contribution in [0.15, 0.2) is 64.8 Å². The van der Waals surface area contributed by atoms with Gasteiger partial charge in [0.2, 0.25) is 0 Å². The highest BCUT2D eigenvalue weighted by molar-refractivity contribution is 7.99. The fourth-order valence-corrected chi connectivity index (χ4v) is 3.13. The zero-order chi connectivity index (χ0) is 14.7. The van der Waals surface area contributed by atoms with Gasteiger partial charge in [-0.05, 0) is 17.7 Å². The molecule has 0 radical (unpaired) electrons. The summed E-state index contributed by atoms with van der Waals surface area (Å²) in [6.07, 6.45) is 2.24. The Morgan fingerprint density at radius 1 is 1.05 bits per heavy atom. The molecule has 0 fully saturated rings. The monoisotopic (exact) mass is 304 g/mol. The number of benzene rings is 2. The average molecular weight is 304 g/mol. The summed E-state index contributed by atoms with van der Waals surface area (Å²) < 4.78 is 24.8. The van der Waals surface area contributed by atoms with E-state index in [1.54, 1.807) is 12.1 Å². The zero-order valence-corrected chi connectivity index (χ0v) is 11.8. The van der Waals surface area contributed by atoms with Gasteiger partial charge in [0.25, 0.3) is 6.29 Å². The second kappa shape index (κ2) is 6.20. The highest BCUT2D eigenvalue weighted by atomic mass is 32.2. The van der Waals surface area contributed by atoms with E-state index in [1.165, 1.54) is 30.4 Å². The lowest BCUT2D eigenvalue weighted by Crippen LogP contribution is -2.02. The Labute approximate surface area is 126 Å². The van der Waals surface area contributed by atoms with Crippen molar-refractivity contribution in [3.63, 3.8) is 0 Å². The van der Waals surface area contributed by atoms with E-state index in [0.29, 0.717) is 10.5 Å². The lowest BCUT2D eigenvalue weighted by atomic mass is 10.2. The third-order valence-corrected chi connectivity index (χ3v) is 4.32. The first-order valence-electron chi connectivity index (χ1n) is 6.40. The quantitative estimate of drug-likeness (QED) is 0.927. The van der Waals surface area contributed by atoms with Gasteiger partial charge in [0.15, 0.2) is 0 Å². The number of aliphatic hydroxyl groups is 1. The predicted molar refractivity (Wildman–Crippen MR) is 76.9 cm³/mol. The van der Waals surface area contributed by atoms with Crippen molar-refractivity contribution in [1.82, 2.24) is 0 Å². The van der Waals surface area contributed by atoms with Crippen LogP contribution in [0.25, 0.3) is 0 Å². The van der Waals surface area contributed by atoms with E-state index in [1.807, 2.05) is 24.3 Å². The Morgan fingerprint density at radius 3 is 2.57 bits per heavy atom. The number of aliphatic hydroxyl groups excluding tert-OH is 1. The van der Waals surface area contributed by atoms with Gasteiger partial charge in [-0.1, -0.05) is 42.1 Å². The molecule has 0 unspecified atom stereocenters. The Hall–Kier alpha value is -1.98. The van der Waals surface area contributed by atoms with Gasteiger partial charge in [-0.15, -0.1) is 0 Å². The zero-order valence-electron chi connectivity index (χ0n) is 11.0. The van der Waals surface area contributed by atoms with E-state index in [0.717, 1.165) is 10.5 Å². The van der Waals surface area contributed by atoms with Crippen LogP contribution in [0, 0.1) is 5.82 Å². The first-order chi connectivity index (χ1) is 10.3. The molecule has 0 amide bonds. The molecule has 0 aliphatic carbocycles. The molecule has 5 heteroatoms. The third-order valence-electron chi connectivity index (χ3n) is 3.07. The largest absolute Gasteiger partial charge is 0.455 e. The maximum absolute atomic E-state index is 14.2. The minimum atomic E-state index is -0.635. The van der Waals surface area contributed by atoms with Crippen LogP contribution in [0.2, 0.25) is 0 Å². The van der Waals surface area contributed by atoms with E-state index in [4.69, 9.17) is 9.47 Å². The van der Waals surface area contributed by atoms with E-state index in [-0.39, 0.29) is 12.4 Å². The Kier molecular flexibility index (Phi) is 4.13. The van der Waals surface area contributed by atoms with Gasteiger partial charge in [-0.2, -0.15) is 0 Å². The van der Waals surface area contributed by atoms with E-state index in [2.05, 4.69) is 0 Å². The summed E-state index contributed by atoms with van der Waals surface area (Å²) in [6, 6.07) is 12.1. The molecule has 0 bridgehead atoms. The molecule has 3 nitrogen and oxygen atoms in total. The molecular formula is C16H13FO3S. The highest BCUT2D eigenvalue weighted by Gasteiger charge is 2.22. The maximum Gasteiger partial charge on any atom is 0.267 e. The number of hydrogen-bond acceptors (Lipinski definition) is 4. The fourth-order valence-electron chi connectivity index (χ4n) is 2.05. The number of rotatable bonds is 4. The van der Waals surface area contributed by atoms with Crippen LogP contribution in [-0.2, 0) is 16.1 Å². The third kappa shape index (κ3) is 2.89. The Morgan fingerprint density at radius 2 is 1.81 bits per heavy atom. The van der Waals surface area contributed by atoms with E-state index >= 15 is 0 Å². The van der Waals surface area contributed by atoms with Gasteiger partial charge in [0, 0.05) is 10.5 Å². The van der Waals surface area contributed by atoms with Crippen molar-refractivity contribution in [1.29, 1.82) is 0 Å². The molecule has 0 aromatic heterocycles. The maximum atomic E-state index is 14.2. The molecule has 1 N–H and O–H groups in total. The summed E-state index contributed by atoms with van der Waals surface area (Å²) >= 11 is 1.26. The number of ether oxygens (including phenoxy) is 2. The molecule has 2 aromatic rings. The molecule has 0 saturated heterocycles. The summed E-state index contributed by atoms with van der Waals surface area (Å²) in [5.74, 6) is -0.343. The van der Waals surface area contributed by atoms with Crippen molar-refractivity contribution >= 4 is 11.8 Å². The first-order valence-corrected chi connectivity index (χ1v) is 7.22. The minimum Gasteiger partial charge on any atom is -0.455 e. The van der Waals surface area contributed by atoms with Crippen molar-refractivity contribution in [2.24, 2.45) is 0 Å². The van der Waals surface area contributed by atoms with Crippen LogP contribution in [0.1, 0.15) is 17.4 Å². The summed E-state index contributed by atoms with van der Waals surface area (Å²) in [4.78, 5) is 1.24. The Balaban J connectivity index is 1.97. The molecule has 0 spiro atoms. The molecule has 0 atom stereocenters. The normalized spacial score (nSPS) is 14.0. The summed E-state index contributed by atoms with van der Waals surface area (Å²) in [6.45, 7) is -0.0923. The van der Waals surface area contributed by atoms with Crippen LogP contribution >= 0.6 is 11.8 Å². The van der Waals surface area contributed by atoms with Crippen molar-refractivity contribution in [2.75, 3.05) is 0 Å². The fraction of sp³-hybridized carbons (Fsp3) is 0.125. The highest BCUT2D eigenvalue weighted by Crippen LogP contribution is 2.39. The molecule has 2 aromatic carbocycles. The van der Waals surface area contributed by atoms with Crippen LogP contribution < -0.4 is 0 Å². The average Bonchev–Trinajstić information content (AvgIpc) is 3.04. The van der Waals surface area contributed by atoms with Crippen molar-refractivity contribution in [3.8, 4) is 0 Å². The second-order valence-electron chi connectivity index (χ2n) is 4.40. The number of hydrogen-bond donors (Lipinski definition) is 1. The predicted octanol–water partition coefficient (Wildman–Crippen LogP) is 3.99. The van der Waals surface area contributed by atoms with E-state index < -0.39 is 6.29 Å². The van der Waals surface area contributed by atoms with Crippen molar-refractivity contribution in [3.05, 3.63) is 71.9 Å². The van der Waals surface area contributed by atoms with Gasteiger partial charge in [-0.25, -0.2) is 4.39 Å². The second-order valence-corrected chi connectivity index (χ2v) is 5.45. The van der Waals surface area contributed by atoms with Crippen LogP contribution in [0.5, 0.6) is 0 Å². The SMILES string of the molecule is OCc1ccccc1Sc1c(F)cccc1C1OC=CO1. The standard InChI is InChI=1S/C16H13FO3S/c17-13-6-3-5-12(16-19-8-9-20-16)15(13)21-14-7-2-1-4-11(14)10-18/h1-9,16,18H,10H2. The van der Waals surface area contributed by atoms with Crippen molar-refractivity contribution < 1.29 is 19.0 Å². The minimum absolute atomic E-state index is 0.0923. The smallest absolute Gasteiger partial charge is 0.267 e. The summed E-state index contributed by atoms with van der Waals surface area (Å²) in [5.41, 5.74) is 1.38. The molecule has 1 aliphatic rings. The summed E-state index contributed by atoms with van der Waals surface area (Å²) in [5, 5.41) is 9.38. The molecule has 1 heterocycles. The molecule has 108 valence electrons. The van der Waals surface area contributed by atoms with Gasteiger partial charge in [-0.3, -0.25) is 0 Å². The van der Waals surface area contributed by atoms with Crippen LogP contribution in [0.3, 0.4) is 0 Å². The van der Waals surface area contributed by atoms with Gasteiger partial charge < -0.3 is 14.6 Å². The van der Waals surface area contributed by atoms with Crippen molar-refractivity contribution in [2.45, 2.75) is 22.7 Å². The van der Waals surface area contributed by atoms with Gasteiger partial charge in [0.1, 0.15) is 18.3 Å². The molecule has 3 rings (SSSR count). The lowest BCUT2D eigenvalue weighted by molar-refractivity contribution is -0.0269. The van der Waals surface area contributed by atoms with Gasteiger partial charge >= 0.3 is 0 Å². The molecule has 0 saturated carbocycles. The summed E-state index contributed by atoms with van der Waals surface area (Å²) in [7, 11) is 0. The topological polar surface area (TPSA) is 38.7 Å². The molecular weight excluding hydrogens is 291 g/mol.